The number of nitrogens with zero attached hydrogens (tertiary/aromatic N) is 2. The number of aliphatic imine (C=N–C) groups is 1. The molecule has 2 aliphatic rings. The van der Waals surface area contributed by atoms with Crippen LogP contribution in [-0.4, -0.2) is 48.7 Å². The molecule has 0 amide bonds. The summed E-state index contributed by atoms with van der Waals surface area (Å²) in [6.45, 7) is 13.3. The third-order valence-electron chi connectivity index (χ3n) is 5.12. The van der Waals surface area contributed by atoms with Gasteiger partial charge in [0.2, 0.25) is 0 Å². The van der Waals surface area contributed by atoms with Crippen LogP contribution in [0.4, 0.5) is 0 Å². The summed E-state index contributed by atoms with van der Waals surface area (Å²) in [5, 5.41) is 6.84. The molecule has 4 atom stereocenters. The van der Waals surface area contributed by atoms with Crippen molar-refractivity contribution in [2.24, 2.45) is 10.9 Å². The Morgan fingerprint density at radius 3 is 2.31 bits per heavy atom. The molecule has 0 radical (unpaired) electrons. The third kappa shape index (κ3) is 5.71. The van der Waals surface area contributed by atoms with E-state index in [1.807, 2.05) is 0 Å². The summed E-state index contributed by atoms with van der Waals surface area (Å²) in [6, 6.07) is 9.47. The molecule has 0 aromatic heterocycles. The molecule has 5 nitrogen and oxygen atoms in total. The van der Waals surface area contributed by atoms with E-state index in [2.05, 4.69) is 67.5 Å². The van der Waals surface area contributed by atoms with Crippen LogP contribution in [0.1, 0.15) is 45.2 Å². The maximum Gasteiger partial charge on any atom is 0.191 e. The number of benzene rings is 1. The van der Waals surface area contributed by atoms with Gasteiger partial charge in [-0.25, -0.2) is 4.99 Å². The number of guanidine groups is 1. The van der Waals surface area contributed by atoms with Crippen LogP contribution in [0.5, 0.6) is 0 Å². The van der Waals surface area contributed by atoms with Crippen molar-refractivity contribution < 1.29 is 4.74 Å². The zero-order valence-corrected chi connectivity index (χ0v) is 16.7. The number of rotatable bonds is 6. The zero-order valence-electron chi connectivity index (χ0n) is 16.7. The van der Waals surface area contributed by atoms with Crippen LogP contribution in [0, 0.1) is 5.92 Å². The quantitative estimate of drug-likeness (QED) is 0.606. The van der Waals surface area contributed by atoms with Crippen LogP contribution in [0.2, 0.25) is 0 Å². The normalized spacial score (nSPS) is 29.5. The lowest BCUT2D eigenvalue weighted by molar-refractivity contribution is -0.0704. The van der Waals surface area contributed by atoms with E-state index in [0.717, 1.165) is 38.1 Å². The molecule has 1 aromatic carbocycles. The molecule has 144 valence electrons. The van der Waals surface area contributed by atoms with Crippen LogP contribution in [0.15, 0.2) is 29.3 Å². The zero-order chi connectivity index (χ0) is 18.5. The van der Waals surface area contributed by atoms with Gasteiger partial charge in [-0.2, -0.15) is 0 Å². The van der Waals surface area contributed by atoms with E-state index in [1.165, 1.54) is 17.5 Å². The molecule has 0 spiro atoms. The van der Waals surface area contributed by atoms with Crippen LogP contribution in [-0.2, 0) is 17.8 Å². The molecule has 1 saturated heterocycles. The second-order valence-electron chi connectivity index (χ2n) is 7.93. The van der Waals surface area contributed by atoms with Crippen molar-refractivity contribution in [2.75, 3.05) is 19.6 Å². The fourth-order valence-corrected chi connectivity index (χ4v) is 3.61. The van der Waals surface area contributed by atoms with E-state index in [1.54, 1.807) is 0 Å². The minimum Gasteiger partial charge on any atom is -0.373 e. The maximum atomic E-state index is 5.82. The number of nitrogens with one attached hydrogen (secondary N) is 2. The average molecular weight is 359 g/mol. The smallest absolute Gasteiger partial charge is 0.191 e. The fourth-order valence-electron chi connectivity index (χ4n) is 3.61. The molecule has 0 bridgehead atoms. The minimum atomic E-state index is 0.318. The van der Waals surface area contributed by atoms with Gasteiger partial charge >= 0.3 is 0 Å². The van der Waals surface area contributed by atoms with Gasteiger partial charge < -0.3 is 15.4 Å². The Labute approximate surface area is 158 Å². The minimum absolute atomic E-state index is 0.318. The topological polar surface area (TPSA) is 48.9 Å². The predicted octanol–water partition coefficient (Wildman–Crippen LogP) is 2.76. The Balaban J connectivity index is 1.52. The first-order valence-corrected chi connectivity index (χ1v) is 10.0. The first-order chi connectivity index (χ1) is 12.5. The molecular formula is C21H34N4O. The van der Waals surface area contributed by atoms with Crippen LogP contribution >= 0.6 is 0 Å². The van der Waals surface area contributed by atoms with Crippen molar-refractivity contribution in [1.29, 1.82) is 0 Å². The van der Waals surface area contributed by atoms with Crippen LogP contribution in [0.3, 0.4) is 0 Å². The van der Waals surface area contributed by atoms with Crippen molar-refractivity contribution >= 4 is 5.96 Å². The van der Waals surface area contributed by atoms with Crippen LogP contribution < -0.4 is 10.6 Å². The van der Waals surface area contributed by atoms with E-state index < -0.39 is 0 Å². The summed E-state index contributed by atoms with van der Waals surface area (Å²) in [5.74, 6) is 1.70. The summed E-state index contributed by atoms with van der Waals surface area (Å²) >= 11 is 0. The van der Waals surface area contributed by atoms with Crippen molar-refractivity contribution in [2.45, 2.75) is 65.5 Å². The van der Waals surface area contributed by atoms with E-state index in [0.29, 0.717) is 24.8 Å². The largest absolute Gasteiger partial charge is 0.373 e. The first-order valence-electron chi connectivity index (χ1n) is 10.0. The molecule has 5 heteroatoms. The van der Waals surface area contributed by atoms with Crippen LogP contribution in [0.25, 0.3) is 0 Å². The van der Waals surface area contributed by atoms with Crippen molar-refractivity contribution in [1.82, 2.24) is 15.5 Å². The van der Waals surface area contributed by atoms with Gasteiger partial charge in [-0.1, -0.05) is 31.2 Å². The number of morpholine rings is 1. The second-order valence-corrected chi connectivity index (χ2v) is 7.93. The van der Waals surface area contributed by atoms with Gasteiger partial charge in [0, 0.05) is 32.2 Å². The predicted molar refractivity (Wildman–Crippen MR) is 107 cm³/mol. The molecule has 1 saturated carbocycles. The number of hydrogen-bond donors (Lipinski definition) is 2. The average Bonchev–Trinajstić information content (AvgIpc) is 3.28. The molecule has 3 rings (SSSR count). The summed E-state index contributed by atoms with van der Waals surface area (Å²) in [4.78, 5) is 7.21. The molecule has 2 N–H and O–H groups in total. The highest BCUT2D eigenvalue weighted by Crippen LogP contribution is 2.28. The fraction of sp³-hybridized carbons (Fsp3) is 0.667. The Morgan fingerprint density at radius 2 is 1.73 bits per heavy atom. The Kier molecular flexibility index (Phi) is 6.54. The number of ether oxygens (including phenoxy) is 1. The van der Waals surface area contributed by atoms with E-state index in [9.17, 15) is 0 Å². The highest BCUT2D eigenvalue weighted by molar-refractivity contribution is 5.80. The maximum absolute atomic E-state index is 5.82. The molecule has 1 aliphatic carbocycles. The lowest BCUT2D eigenvalue weighted by Crippen LogP contribution is -2.44. The van der Waals surface area contributed by atoms with Crippen molar-refractivity contribution in [3.63, 3.8) is 0 Å². The van der Waals surface area contributed by atoms with Crippen molar-refractivity contribution in [3.05, 3.63) is 35.4 Å². The van der Waals surface area contributed by atoms with E-state index in [-0.39, 0.29) is 0 Å². The lowest BCUT2D eigenvalue weighted by atomic mass is 10.1. The molecule has 2 fully saturated rings. The molecule has 26 heavy (non-hydrogen) atoms. The summed E-state index contributed by atoms with van der Waals surface area (Å²) < 4.78 is 5.82. The van der Waals surface area contributed by atoms with Gasteiger partial charge in [0.15, 0.2) is 5.96 Å². The molecule has 1 aromatic rings. The summed E-state index contributed by atoms with van der Waals surface area (Å²) in [5.41, 5.74) is 2.61. The number of hydrogen-bond acceptors (Lipinski definition) is 3. The van der Waals surface area contributed by atoms with E-state index in [4.69, 9.17) is 9.73 Å². The Morgan fingerprint density at radius 1 is 1.12 bits per heavy atom. The van der Waals surface area contributed by atoms with Gasteiger partial charge in [0.05, 0.1) is 18.8 Å². The van der Waals surface area contributed by atoms with Gasteiger partial charge in [-0.05, 0) is 44.2 Å². The first kappa shape index (κ1) is 19.2. The van der Waals surface area contributed by atoms with Gasteiger partial charge in [0.1, 0.15) is 0 Å². The molecular weight excluding hydrogens is 324 g/mol. The Hall–Kier alpha value is -1.59. The van der Waals surface area contributed by atoms with Crippen molar-refractivity contribution in [3.8, 4) is 0 Å². The highest BCUT2D eigenvalue weighted by Gasteiger charge is 2.33. The third-order valence-corrected chi connectivity index (χ3v) is 5.12. The Bertz CT molecular complexity index is 591. The lowest BCUT2D eigenvalue weighted by Gasteiger charge is -2.35. The van der Waals surface area contributed by atoms with Gasteiger partial charge in [-0.15, -0.1) is 0 Å². The molecule has 1 aliphatic heterocycles. The molecule has 4 unspecified atom stereocenters. The summed E-state index contributed by atoms with van der Waals surface area (Å²) in [7, 11) is 0. The highest BCUT2D eigenvalue weighted by atomic mass is 16.5. The van der Waals surface area contributed by atoms with Gasteiger partial charge in [-0.3, -0.25) is 4.90 Å². The second kappa shape index (κ2) is 8.87. The molecule has 1 heterocycles. The standard InChI is InChI=1S/C21H34N4O/c1-5-22-21(24-20-10-15(20)2)23-11-18-6-8-19(9-7-18)14-25-12-16(3)26-17(4)13-25/h6-9,15-17,20H,5,10-14H2,1-4H3,(H2,22,23,24). The monoisotopic (exact) mass is 358 g/mol. The van der Waals surface area contributed by atoms with Gasteiger partial charge in [0.25, 0.3) is 0 Å². The summed E-state index contributed by atoms with van der Waals surface area (Å²) in [6.07, 6.45) is 1.88. The van der Waals surface area contributed by atoms with E-state index >= 15 is 0 Å². The SMILES string of the molecule is CCNC(=NCc1ccc(CN2CC(C)OC(C)C2)cc1)NC1CC1C.